The first kappa shape index (κ1) is 26.3. The van der Waals surface area contributed by atoms with Crippen LogP contribution in [-0.2, 0) is 25.3 Å². The molecule has 11 heteroatoms. The predicted molar refractivity (Wildman–Crippen MR) is 133 cm³/mol. The molecule has 1 N–H and O–H groups in total. The average molecular weight is 544 g/mol. The number of thioether (sulfide) groups is 1. The Morgan fingerprint density at radius 1 is 1.16 bits per heavy atom. The Balaban J connectivity index is 1.37. The van der Waals surface area contributed by atoms with Gasteiger partial charge in [-0.15, -0.1) is 11.8 Å². The van der Waals surface area contributed by atoms with E-state index in [1.54, 1.807) is 30.8 Å². The fraction of sp³-hybridized carbons (Fsp3) is 0.407. The molecule has 3 aliphatic heterocycles. The number of halogens is 3. The number of nitrogens with zero attached hydrogens (tertiary/aromatic N) is 2. The molecule has 3 aliphatic rings. The number of anilines is 2. The van der Waals surface area contributed by atoms with Crippen molar-refractivity contribution < 1.29 is 32.3 Å². The van der Waals surface area contributed by atoms with Gasteiger partial charge in [-0.2, -0.15) is 18.4 Å². The zero-order valence-corrected chi connectivity index (χ0v) is 21.4. The highest BCUT2D eigenvalue weighted by Crippen LogP contribution is 2.62. The maximum absolute atomic E-state index is 13.6. The molecule has 198 valence electrons. The number of nitriles is 1. The number of benzene rings is 2. The molecule has 0 aromatic heterocycles. The van der Waals surface area contributed by atoms with Gasteiger partial charge in [0.15, 0.2) is 0 Å². The summed E-state index contributed by atoms with van der Waals surface area (Å²) in [6, 6.07) is 11.8. The molecule has 3 fully saturated rings. The maximum Gasteiger partial charge on any atom is 0.417 e. The van der Waals surface area contributed by atoms with Crippen LogP contribution in [0.3, 0.4) is 0 Å². The van der Waals surface area contributed by atoms with Gasteiger partial charge in [-0.05, 0) is 68.7 Å². The molecule has 7 nitrogen and oxygen atoms in total. The highest BCUT2D eigenvalue weighted by atomic mass is 32.2. The Morgan fingerprint density at radius 2 is 1.84 bits per heavy atom. The quantitative estimate of drug-likeness (QED) is 0.400. The van der Waals surface area contributed by atoms with Gasteiger partial charge in [-0.25, -0.2) is 4.90 Å². The SMILES string of the molecule is CC(=O)Nc1ccc(SCCC23CCC(C)(O2)C2C(=O)N(c4ccc(C#N)c(C(F)(F)F)c4)C(=O)C23)cc1. The number of hydrogen-bond donors (Lipinski definition) is 1. The second kappa shape index (κ2) is 9.13. The third kappa shape index (κ3) is 4.25. The fourth-order valence-corrected chi connectivity index (χ4v) is 7.06. The zero-order chi connectivity index (χ0) is 27.5. The van der Waals surface area contributed by atoms with Crippen molar-refractivity contribution in [3.8, 4) is 6.07 Å². The molecule has 0 spiro atoms. The van der Waals surface area contributed by atoms with Crippen LogP contribution in [0.25, 0.3) is 0 Å². The minimum absolute atomic E-state index is 0.165. The summed E-state index contributed by atoms with van der Waals surface area (Å²) in [5, 5.41) is 11.8. The standard InChI is InChI=1S/C27H24F3N3O4S/c1-15(34)32-17-4-7-19(8-5-17)38-12-11-26-10-9-25(2,37-26)21-22(26)24(36)33(23(21)35)18-6-3-16(14-31)20(13-18)27(28,29)30/h3-8,13,21-22H,9-12H2,1-2H3,(H,32,34). The summed E-state index contributed by atoms with van der Waals surface area (Å²) in [4.78, 5) is 40.2. The first-order valence-corrected chi connectivity index (χ1v) is 13.1. The van der Waals surface area contributed by atoms with Crippen molar-refractivity contribution in [3.05, 3.63) is 53.6 Å². The van der Waals surface area contributed by atoms with E-state index in [1.165, 1.54) is 19.1 Å². The topological polar surface area (TPSA) is 99.5 Å². The van der Waals surface area contributed by atoms with Crippen molar-refractivity contribution in [2.45, 2.75) is 55.4 Å². The lowest BCUT2D eigenvalue weighted by atomic mass is 9.67. The van der Waals surface area contributed by atoms with E-state index in [9.17, 15) is 27.6 Å². The lowest BCUT2D eigenvalue weighted by molar-refractivity contribution is -0.138. The number of carbonyl (C=O) groups is 3. The average Bonchev–Trinajstić information content (AvgIpc) is 3.43. The van der Waals surface area contributed by atoms with Crippen LogP contribution >= 0.6 is 11.8 Å². The van der Waals surface area contributed by atoms with E-state index in [4.69, 9.17) is 10.00 Å². The number of alkyl halides is 3. The Kier molecular flexibility index (Phi) is 6.31. The Morgan fingerprint density at radius 3 is 2.47 bits per heavy atom. The molecule has 3 heterocycles. The van der Waals surface area contributed by atoms with Gasteiger partial charge in [0.2, 0.25) is 17.7 Å². The largest absolute Gasteiger partial charge is 0.417 e. The molecule has 0 saturated carbocycles. The summed E-state index contributed by atoms with van der Waals surface area (Å²) >= 11 is 1.55. The van der Waals surface area contributed by atoms with Crippen LogP contribution in [0.4, 0.5) is 24.5 Å². The minimum atomic E-state index is -4.81. The van der Waals surface area contributed by atoms with Gasteiger partial charge in [0.05, 0.1) is 45.9 Å². The molecule has 5 rings (SSSR count). The number of fused-ring (bicyclic) bond motifs is 5. The number of imide groups is 1. The number of amides is 3. The lowest BCUT2D eigenvalue weighted by Crippen LogP contribution is -2.42. The van der Waals surface area contributed by atoms with Crippen LogP contribution in [0.5, 0.6) is 0 Å². The van der Waals surface area contributed by atoms with Crippen molar-refractivity contribution in [3.63, 3.8) is 0 Å². The number of carbonyl (C=O) groups excluding carboxylic acids is 3. The Labute approximate surface area is 221 Å². The van der Waals surface area contributed by atoms with E-state index in [0.717, 1.165) is 15.9 Å². The molecule has 3 saturated heterocycles. The summed E-state index contributed by atoms with van der Waals surface area (Å²) in [6.45, 7) is 3.22. The van der Waals surface area contributed by atoms with Gasteiger partial charge in [0.25, 0.3) is 0 Å². The summed E-state index contributed by atoms with van der Waals surface area (Å²) in [5.41, 5.74) is -3.03. The van der Waals surface area contributed by atoms with Crippen LogP contribution in [0.1, 0.15) is 44.2 Å². The third-order valence-electron chi connectivity index (χ3n) is 7.67. The highest BCUT2D eigenvalue weighted by Gasteiger charge is 2.73. The second-order valence-electron chi connectivity index (χ2n) is 10.1. The molecule has 4 atom stereocenters. The molecule has 4 unspecified atom stereocenters. The molecule has 38 heavy (non-hydrogen) atoms. The Hall–Kier alpha value is -3.36. The number of ether oxygens (including phenoxy) is 1. The van der Waals surface area contributed by atoms with E-state index in [1.807, 2.05) is 12.1 Å². The van der Waals surface area contributed by atoms with Crippen molar-refractivity contribution in [2.24, 2.45) is 11.8 Å². The van der Waals surface area contributed by atoms with Crippen molar-refractivity contribution in [1.82, 2.24) is 0 Å². The monoisotopic (exact) mass is 543 g/mol. The first-order valence-electron chi connectivity index (χ1n) is 12.1. The van der Waals surface area contributed by atoms with Crippen LogP contribution in [-0.4, -0.2) is 34.7 Å². The number of nitrogens with one attached hydrogen (secondary N) is 1. The molecule has 0 radical (unpaired) electrons. The van der Waals surface area contributed by atoms with Gasteiger partial charge in [-0.3, -0.25) is 14.4 Å². The summed E-state index contributed by atoms with van der Waals surface area (Å²) in [7, 11) is 0. The van der Waals surface area contributed by atoms with Gasteiger partial charge in [0.1, 0.15) is 0 Å². The van der Waals surface area contributed by atoms with Crippen LogP contribution in [0.15, 0.2) is 47.4 Å². The second-order valence-corrected chi connectivity index (χ2v) is 11.3. The molecule has 0 aliphatic carbocycles. The molecule has 2 aromatic rings. The molecule has 2 aromatic carbocycles. The predicted octanol–water partition coefficient (Wildman–Crippen LogP) is 5.14. The van der Waals surface area contributed by atoms with E-state index in [0.29, 0.717) is 36.8 Å². The fourth-order valence-electron chi connectivity index (χ4n) is 6.05. The van der Waals surface area contributed by atoms with Crippen molar-refractivity contribution >= 4 is 40.9 Å². The van der Waals surface area contributed by atoms with Gasteiger partial charge >= 0.3 is 6.18 Å². The van der Waals surface area contributed by atoms with E-state index >= 15 is 0 Å². The van der Waals surface area contributed by atoms with Gasteiger partial charge in [0, 0.05) is 23.3 Å². The minimum Gasteiger partial charge on any atom is -0.367 e. The summed E-state index contributed by atoms with van der Waals surface area (Å²) in [5.74, 6) is -2.27. The smallest absolute Gasteiger partial charge is 0.367 e. The van der Waals surface area contributed by atoms with Crippen LogP contribution in [0, 0.1) is 23.2 Å². The normalized spacial score (nSPS) is 27.9. The third-order valence-corrected chi connectivity index (χ3v) is 8.68. The Bertz CT molecular complexity index is 1370. The molecule has 2 bridgehead atoms. The van der Waals surface area contributed by atoms with Crippen LogP contribution < -0.4 is 10.2 Å². The van der Waals surface area contributed by atoms with Crippen LogP contribution in [0.2, 0.25) is 0 Å². The summed E-state index contributed by atoms with van der Waals surface area (Å²) < 4.78 is 47.1. The van der Waals surface area contributed by atoms with E-state index in [2.05, 4.69) is 5.32 Å². The molecule has 3 amide bonds. The molecular weight excluding hydrogens is 519 g/mol. The van der Waals surface area contributed by atoms with Crippen molar-refractivity contribution in [1.29, 1.82) is 5.26 Å². The highest BCUT2D eigenvalue weighted by molar-refractivity contribution is 7.99. The molecular formula is C27H24F3N3O4S. The van der Waals surface area contributed by atoms with Gasteiger partial charge < -0.3 is 10.1 Å². The van der Waals surface area contributed by atoms with Gasteiger partial charge in [-0.1, -0.05) is 0 Å². The summed E-state index contributed by atoms with van der Waals surface area (Å²) in [6.07, 6.45) is -3.19. The number of hydrogen-bond acceptors (Lipinski definition) is 6. The number of rotatable bonds is 6. The van der Waals surface area contributed by atoms with E-state index < -0.39 is 52.2 Å². The first-order chi connectivity index (χ1) is 17.9. The zero-order valence-electron chi connectivity index (χ0n) is 20.6. The maximum atomic E-state index is 13.6. The van der Waals surface area contributed by atoms with E-state index in [-0.39, 0.29) is 11.6 Å². The van der Waals surface area contributed by atoms with Crippen molar-refractivity contribution in [2.75, 3.05) is 16.0 Å². The lowest BCUT2D eigenvalue weighted by Gasteiger charge is -2.31.